The lowest BCUT2D eigenvalue weighted by atomic mass is 10.1. The van der Waals surface area contributed by atoms with Gasteiger partial charge in [0.1, 0.15) is 29.7 Å². The van der Waals surface area contributed by atoms with Crippen molar-refractivity contribution in [3.63, 3.8) is 0 Å². The molecule has 0 aliphatic rings. The molecule has 2 amide bonds. The molecule has 0 atom stereocenters. The van der Waals surface area contributed by atoms with E-state index in [4.69, 9.17) is 20.8 Å². The van der Waals surface area contributed by atoms with Gasteiger partial charge in [0.25, 0.3) is 0 Å². The summed E-state index contributed by atoms with van der Waals surface area (Å²) in [7, 11) is 1.58. The molecular formula is C26H21FN4O4. The number of ether oxygens (including phenoxy) is 3. The fourth-order valence-electron chi connectivity index (χ4n) is 3.22. The highest BCUT2D eigenvalue weighted by molar-refractivity contribution is 5.99. The summed E-state index contributed by atoms with van der Waals surface area (Å²) in [6.07, 6.45) is 1.61. The van der Waals surface area contributed by atoms with Crippen molar-refractivity contribution in [3.05, 3.63) is 90.2 Å². The molecule has 0 fully saturated rings. The van der Waals surface area contributed by atoms with Gasteiger partial charge in [-0.05, 0) is 66.7 Å². The lowest BCUT2D eigenvalue weighted by Crippen LogP contribution is -2.19. The van der Waals surface area contributed by atoms with Crippen molar-refractivity contribution in [2.24, 2.45) is 0 Å². The van der Waals surface area contributed by atoms with E-state index in [2.05, 4.69) is 20.5 Å². The van der Waals surface area contributed by atoms with Gasteiger partial charge in [-0.3, -0.25) is 4.98 Å². The molecule has 1 aromatic heterocycles. The topological polar surface area (TPSA) is 86.1 Å². The Bertz CT molecular complexity index is 1370. The second-order valence-electron chi connectivity index (χ2n) is 7.31. The van der Waals surface area contributed by atoms with E-state index < -0.39 is 6.03 Å². The molecule has 0 aliphatic heterocycles. The second-order valence-corrected chi connectivity index (χ2v) is 7.31. The quantitative estimate of drug-likeness (QED) is 0.229. The van der Waals surface area contributed by atoms with Crippen molar-refractivity contribution < 1.29 is 23.4 Å². The number of nitrogens with one attached hydrogen (secondary N) is 2. The summed E-state index contributed by atoms with van der Waals surface area (Å²) in [4.78, 5) is 20.1. The van der Waals surface area contributed by atoms with Gasteiger partial charge in [0.2, 0.25) is 5.69 Å². The van der Waals surface area contributed by atoms with Gasteiger partial charge in [0, 0.05) is 30.1 Å². The molecule has 0 spiro atoms. The molecular weight excluding hydrogens is 451 g/mol. The van der Waals surface area contributed by atoms with Crippen LogP contribution < -0.4 is 20.1 Å². The summed E-state index contributed by atoms with van der Waals surface area (Å²) < 4.78 is 29.7. The predicted molar refractivity (Wildman–Crippen MR) is 131 cm³/mol. The fourth-order valence-corrected chi connectivity index (χ4v) is 3.22. The van der Waals surface area contributed by atoms with Gasteiger partial charge in [-0.15, -0.1) is 0 Å². The molecule has 176 valence electrons. The molecule has 4 aromatic rings. The number of nitrogens with zero attached hydrogens (tertiary/aromatic N) is 2. The molecule has 2 N–H and O–H groups in total. The van der Waals surface area contributed by atoms with Gasteiger partial charge in [-0.2, -0.15) is 0 Å². The van der Waals surface area contributed by atoms with Crippen molar-refractivity contribution in [1.29, 1.82) is 0 Å². The number of hydrogen-bond acceptors (Lipinski definition) is 5. The number of benzene rings is 3. The lowest BCUT2D eigenvalue weighted by Gasteiger charge is -2.12. The Labute approximate surface area is 201 Å². The van der Waals surface area contributed by atoms with E-state index >= 15 is 0 Å². The maximum absolute atomic E-state index is 13.0. The number of rotatable bonds is 8. The SMILES string of the molecule is [C-]#[N+]c1cc2c(Oc3ccc(NC(=O)Nc4ccc(F)cc4)cc3)ccnc2cc1OCCOC. The number of pyridine rings is 1. The minimum absolute atomic E-state index is 0.322. The number of carbonyl (C=O) groups is 1. The van der Waals surface area contributed by atoms with E-state index in [-0.39, 0.29) is 5.82 Å². The Kier molecular flexibility index (Phi) is 7.35. The van der Waals surface area contributed by atoms with Gasteiger partial charge in [-0.25, -0.2) is 14.0 Å². The third-order valence-electron chi connectivity index (χ3n) is 4.89. The average molecular weight is 472 g/mol. The largest absolute Gasteiger partial charge is 0.502 e. The summed E-state index contributed by atoms with van der Waals surface area (Å²) >= 11 is 0. The molecule has 0 bridgehead atoms. The van der Waals surface area contributed by atoms with Crippen LogP contribution in [0.15, 0.2) is 72.9 Å². The Morgan fingerprint density at radius 3 is 2.31 bits per heavy atom. The number of carbonyl (C=O) groups excluding carboxylic acids is 1. The molecule has 0 radical (unpaired) electrons. The van der Waals surface area contributed by atoms with Crippen molar-refractivity contribution in [2.45, 2.75) is 0 Å². The molecule has 0 saturated heterocycles. The highest BCUT2D eigenvalue weighted by Crippen LogP contribution is 2.37. The molecule has 3 aromatic carbocycles. The van der Waals surface area contributed by atoms with Crippen LogP contribution in [-0.4, -0.2) is 31.3 Å². The zero-order valence-corrected chi connectivity index (χ0v) is 18.7. The minimum Gasteiger partial charge on any atom is -0.502 e. The first kappa shape index (κ1) is 23.5. The van der Waals surface area contributed by atoms with Crippen molar-refractivity contribution >= 4 is 34.0 Å². The maximum Gasteiger partial charge on any atom is 0.323 e. The van der Waals surface area contributed by atoms with Crippen molar-refractivity contribution in [2.75, 3.05) is 31.0 Å². The van der Waals surface area contributed by atoms with E-state index in [1.54, 1.807) is 55.8 Å². The van der Waals surface area contributed by atoms with Gasteiger partial charge in [0.05, 0.1) is 18.7 Å². The molecule has 1 heterocycles. The summed E-state index contributed by atoms with van der Waals surface area (Å²) in [5, 5.41) is 5.99. The van der Waals surface area contributed by atoms with Crippen LogP contribution in [0.25, 0.3) is 15.7 Å². The summed E-state index contributed by atoms with van der Waals surface area (Å²) in [6, 6.07) is 16.9. The number of methoxy groups -OCH3 is 1. The second kappa shape index (κ2) is 11.0. The zero-order valence-electron chi connectivity index (χ0n) is 18.7. The molecule has 9 heteroatoms. The van der Waals surface area contributed by atoms with E-state index in [1.165, 1.54) is 24.3 Å². The number of hydrogen-bond donors (Lipinski definition) is 2. The Balaban J connectivity index is 1.46. The van der Waals surface area contributed by atoms with Crippen LogP contribution in [-0.2, 0) is 4.74 Å². The molecule has 4 rings (SSSR count). The highest BCUT2D eigenvalue weighted by Gasteiger charge is 2.12. The van der Waals surface area contributed by atoms with Crippen LogP contribution in [0.5, 0.6) is 17.2 Å². The van der Waals surface area contributed by atoms with Crippen LogP contribution >= 0.6 is 0 Å². The fraction of sp³-hybridized carbons (Fsp3) is 0.115. The molecule has 0 aliphatic carbocycles. The van der Waals surface area contributed by atoms with Crippen LogP contribution in [0.3, 0.4) is 0 Å². The molecule has 0 saturated carbocycles. The van der Waals surface area contributed by atoms with Gasteiger partial charge < -0.3 is 24.8 Å². The highest BCUT2D eigenvalue weighted by atomic mass is 19.1. The first-order valence-electron chi connectivity index (χ1n) is 10.6. The van der Waals surface area contributed by atoms with E-state index in [9.17, 15) is 9.18 Å². The molecule has 0 unspecified atom stereocenters. The van der Waals surface area contributed by atoms with Crippen LogP contribution in [0, 0.1) is 12.4 Å². The number of fused-ring (bicyclic) bond motifs is 1. The van der Waals surface area contributed by atoms with Crippen LogP contribution in [0.2, 0.25) is 0 Å². The van der Waals surface area contributed by atoms with Crippen LogP contribution in [0.4, 0.5) is 26.2 Å². The van der Waals surface area contributed by atoms with Crippen molar-refractivity contribution in [1.82, 2.24) is 4.98 Å². The van der Waals surface area contributed by atoms with E-state index in [1.807, 2.05) is 0 Å². The Morgan fingerprint density at radius 2 is 1.66 bits per heavy atom. The number of aromatic nitrogens is 1. The number of amides is 2. The zero-order chi connectivity index (χ0) is 24.6. The van der Waals surface area contributed by atoms with Gasteiger partial charge >= 0.3 is 6.03 Å². The lowest BCUT2D eigenvalue weighted by molar-refractivity contribution is 0.147. The van der Waals surface area contributed by atoms with Crippen molar-refractivity contribution in [3.8, 4) is 17.2 Å². The van der Waals surface area contributed by atoms with E-state index in [0.29, 0.717) is 58.4 Å². The number of urea groups is 1. The van der Waals surface area contributed by atoms with Gasteiger partial charge in [0.15, 0.2) is 0 Å². The third kappa shape index (κ3) is 6.01. The summed E-state index contributed by atoms with van der Waals surface area (Å²) in [6.45, 7) is 8.22. The first-order valence-corrected chi connectivity index (χ1v) is 10.6. The number of halogens is 1. The normalized spacial score (nSPS) is 10.4. The standard InChI is InChI=1S/C26H21FN4O4/c1-28-23-15-21-22(16-25(23)34-14-13-33-2)29-12-11-24(21)35-20-9-7-19(8-10-20)31-26(32)30-18-5-3-17(27)4-6-18/h3-12,15-16H,13-14H2,2H3,(H2,30,31,32). The van der Waals surface area contributed by atoms with E-state index in [0.717, 1.165) is 0 Å². The van der Waals surface area contributed by atoms with Crippen LogP contribution in [0.1, 0.15) is 0 Å². The average Bonchev–Trinajstić information content (AvgIpc) is 2.86. The molecule has 35 heavy (non-hydrogen) atoms. The maximum atomic E-state index is 13.0. The minimum atomic E-state index is -0.458. The monoisotopic (exact) mass is 472 g/mol. The summed E-state index contributed by atoms with van der Waals surface area (Å²) in [5.74, 6) is 1.11. The molecule has 8 nitrogen and oxygen atoms in total. The first-order chi connectivity index (χ1) is 17.1. The third-order valence-corrected chi connectivity index (χ3v) is 4.89. The van der Waals surface area contributed by atoms with Gasteiger partial charge in [-0.1, -0.05) is 0 Å². The Morgan fingerprint density at radius 1 is 0.971 bits per heavy atom. The number of anilines is 2. The Hall–Kier alpha value is -4.68. The smallest absolute Gasteiger partial charge is 0.323 e. The summed E-state index contributed by atoms with van der Waals surface area (Å²) in [5.41, 5.74) is 1.99. The predicted octanol–water partition coefficient (Wildman–Crippen LogP) is 6.39.